The molecule has 0 amide bonds. The average Bonchev–Trinajstić information content (AvgIpc) is 3.43. The molecular formula is C24H20N4O2. The highest BCUT2D eigenvalue weighted by Crippen LogP contribution is 2.26. The van der Waals surface area contributed by atoms with Gasteiger partial charge in [0.2, 0.25) is 0 Å². The van der Waals surface area contributed by atoms with Crippen molar-refractivity contribution in [2.45, 2.75) is 6.61 Å². The molecule has 6 nitrogen and oxygen atoms in total. The Bertz CT molecular complexity index is 1290. The summed E-state index contributed by atoms with van der Waals surface area (Å²) in [5.74, 6) is 3.01. The maximum absolute atomic E-state index is 6.02. The second-order valence-electron chi connectivity index (χ2n) is 6.83. The standard InChI is InChI=1S/C24H20N4O2/c1-29-18-10-7-11-19(14-18)30-16-24-25-20-12-5-6-13-22(20)28(24)23-15-21(26-27-23)17-8-3-2-4-9-17/h2-15H,16H2,1H3,(H,26,27). The lowest BCUT2D eigenvalue weighted by molar-refractivity contribution is 0.292. The number of ether oxygens (including phenoxy) is 2. The summed E-state index contributed by atoms with van der Waals surface area (Å²) in [6, 6.07) is 27.7. The molecule has 0 unspecified atom stereocenters. The summed E-state index contributed by atoms with van der Waals surface area (Å²) >= 11 is 0. The topological polar surface area (TPSA) is 65.0 Å². The molecule has 0 atom stereocenters. The maximum atomic E-state index is 6.02. The number of aromatic nitrogens is 4. The number of H-pyrrole nitrogens is 1. The molecule has 1 N–H and O–H groups in total. The van der Waals surface area contributed by atoms with E-state index >= 15 is 0 Å². The molecule has 0 radical (unpaired) electrons. The lowest BCUT2D eigenvalue weighted by Crippen LogP contribution is -2.06. The second-order valence-corrected chi connectivity index (χ2v) is 6.83. The van der Waals surface area contributed by atoms with E-state index in [1.54, 1.807) is 7.11 Å². The molecule has 6 heteroatoms. The zero-order valence-electron chi connectivity index (χ0n) is 16.4. The highest BCUT2D eigenvalue weighted by atomic mass is 16.5. The van der Waals surface area contributed by atoms with Gasteiger partial charge in [-0.1, -0.05) is 48.5 Å². The lowest BCUT2D eigenvalue weighted by Gasteiger charge is -2.09. The van der Waals surface area contributed by atoms with E-state index in [9.17, 15) is 0 Å². The Hall–Kier alpha value is -4.06. The minimum atomic E-state index is 0.301. The SMILES string of the molecule is COc1cccc(OCc2nc3ccccc3n2-c2cc(-c3ccccc3)[nH]n2)c1. The number of nitrogens with one attached hydrogen (secondary N) is 1. The fourth-order valence-corrected chi connectivity index (χ4v) is 3.46. The van der Waals surface area contributed by atoms with Crippen LogP contribution in [-0.4, -0.2) is 26.9 Å². The molecule has 2 aromatic heterocycles. The van der Waals surface area contributed by atoms with Crippen LogP contribution in [0.4, 0.5) is 0 Å². The Morgan fingerprint density at radius 1 is 0.867 bits per heavy atom. The number of benzene rings is 3. The van der Waals surface area contributed by atoms with Crippen molar-refractivity contribution >= 4 is 11.0 Å². The van der Waals surface area contributed by atoms with Crippen molar-refractivity contribution in [3.05, 3.63) is 90.8 Å². The number of fused-ring (bicyclic) bond motifs is 1. The van der Waals surface area contributed by atoms with E-state index in [4.69, 9.17) is 14.5 Å². The number of rotatable bonds is 6. The molecular weight excluding hydrogens is 376 g/mol. The van der Waals surface area contributed by atoms with Crippen molar-refractivity contribution < 1.29 is 9.47 Å². The Morgan fingerprint density at radius 2 is 1.67 bits per heavy atom. The first-order valence-electron chi connectivity index (χ1n) is 9.66. The fraction of sp³-hybridized carbons (Fsp3) is 0.0833. The van der Waals surface area contributed by atoms with Crippen molar-refractivity contribution in [2.24, 2.45) is 0 Å². The van der Waals surface area contributed by atoms with Crippen LogP contribution in [0.25, 0.3) is 28.1 Å². The van der Waals surface area contributed by atoms with Gasteiger partial charge in [0.05, 0.1) is 23.8 Å². The lowest BCUT2D eigenvalue weighted by atomic mass is 10.1. The van der Waals surface area contributed by atoms with E-state index in [0.717, 1.165) is 45.4 Å². The molecule has 5 rings (SSSR count). The Kier molecular flexibility index (Phi) is 4.65. The predicted molar refractivity (Wildman–Crippen MR) is 116 cm³/mol. The number of para-hydroxylation sites is 2. The number of hydrogen-bond acceptors (Lipinski definition) is 4. The normalized spacial score (nSPS) is 11.0. The van der Waals surface area contributed by atoms with Crippen LogP contribution in [0.2, 0.25) is 0 Å². The van der Waals surface area contributed by atoms with Crippen molar-refractivity contribution in [1.82, 2.24) is 19.7 Å². The number of aromatic amines is 1. The van der Waals surface area contributed by atoms with Crippen LogP contribution in [0.15, 0.2) is 84.9 Å². The average molecular weight is 396 g/mol. The van der Waals surface area contributed by atoms with Gasteiger partial charge < -0.3 is 9.47 Å². The summed E-state index contributed by atoms with van der Waals surface area (Å²) in [5, 5.41) is 7.69. The fourth-order valence-electron chi connectivity index (χ4n) is 3.46. The Morgan fingerprint density at radius 3 is 2.53 bits per heavy atom. The molecule has 148 valence electrons. The molecule has 0 bridgehead atoms. The van der Waals surface area contributed by atoms with Gasteiger partial charge in [-0.3, -0.25) is 9.67 Å². The van der Waals surface area contributed by atoms with E-state index in [1.165, 1.54) is 0 Å². The van der Waals surface area contributed by atoms with Gasteiger partial charge in [0.25, 0.3) is 0 Å². The van der Waals surface area contributed by atoms with Gasteiger partial charge in [-0.15, -0.1) is 0 Å². The Labute approximate surface area is 173 Å². The molecule has 0 saturated carbocycles. The molecule has 30 heavy (non-hydrogen) atoms. The molecule has 2 heterocycles. The quantitative estimate of drug-likeness (QED) is 0.438. The van der Waals surface area contributed by atoms with E-state index in [2.05, 4.69) is 22.3 Å². The van der Waals surface area contributed by atoms with Gasteiger partial charge in [-0.2, -0.15) is 5.10 Å². The van der Waals surface area contributed by atoms with Crippen LogP contribution in [0.1, 0.15) is 5.82 Å². The summed E-state index contributed by atoms with van der Waals surface area (Å²) in [4.78, 5) is 4.78. The van der Waals surface area contributed by atoms with Gasteiger partial charge in [-0.05, 0) is 29.8 Å². The zero-order chi connectivity index (χ0) is 20.3. The predicted octanol–water partition coefficient (Wildman–Crippen LogP) is 5.00. The van der Waals surface area contributed by atoms with Gasteiger partial charge in [0.15, 0.2) is 11.6 Å². The Balaban J connectivity index is 1.52. The zero-order valence-corrected chi connectivity index (χ0v) is 16.4. The first kappa shape index (κ1) is 18.0. The molecule has 0 spiro atoms. The van der Waals surface area contributed by atoms with Gasteiger partial charge in [0.1, 0.15) is 18.1 Å². The second kappa shape index (κ2) is 7.75. The van der Waals surface area contributed by atoms with Crippen molar-refractivity contribution in [3.8, 4) is 28.6 Å². The van der Waals surface area contributed by atoms with Gasteiger partial charge in [0, 0.05) is 12.1 Å². The number of methoxy groups -OCH3 is 1. The smallest absolute Gasteiger partial charge is 0.161 e. The van der Waals surface area contributed by atoms with Gasteiger partial charge >= 0.3 is 0 Å². The van der Waals surface area contributed by atoms with E-state index < -0.39 is 0 Å². The third-order valence-electron chi connectivity index (χ3n) is 4.92. The third kappa shape index (κ3) is 3.39. The molecule has 0 aliphatic carbocycles. The molecule has 0 fully saturated rings. The monoisotopic (exact) mass is 396 g/mol. The minimum absolute atomic E-state index is 0.301. The van der Waals surface area contributed by atoms with Crippen LogP contribution in [0.5, 0.6) is 11.5 Å². The van der Waals surface area contributed by atoms with Crippen LogP contribution >= 0.6 is 0 Å². The molecule has 5 aromatic rings. The first-order chi connectivity index (χ1) is 14.8. The highest BCUT2D eigenvalue weighted by molar-refractivity contribution is 5.78. The molecule has 0 aliphatic rings. The van der Waals surface area contributed by atoms with Crippen LogP contribution in [0.3, 0.4) is 0 Å². The molecule has 0 saturated heterocycles. The highest BCUT2D eigenvalue weighted by Gasteiger charge is 2.16. The summed E-state index contributed by atoms with van der Waals surface area (Å²) in [6.07, 6.45) is 0. The first-order valence-corrected chi connectivity index (χ1v) is 9.66. The van der Waals surface area contributed by atoms with Crippen molar-refractivity contribution in [3.63, 3.8) is 0 Å². The van der Waals surface area contributed by atoms with Crippen LogP contribution in [-0.2, 0) is 6.61 Å². The van der Waals surface area contributed by atoms with E-state index in [1.807, 2.05) is 77.4 Å². The van der Waals surface area contributed by atoms with Crippen LogP contribution < -0.4 is 9.47 Å². The number of hydrogen-bond donors (Lipinski definition) is 1. The number of imidazole rings is 1. The summed E-state index contributed by atoms with van der Waals surface area (Å²) in [7, 11) is 1.64. The summed E-state index contributed by atoms with van der Waals surface area (Å²) in [5.41, 5.74) is 3.90. The van der Waals surface area contributed by atoms with E-state index in [0.29, 0.717) is 6.61 Å². The van der Waals surface area contributed by atoms with Crippen molar-refractivity contribution in [2.75, 3.05) is 7.11 Å². The molecule has 0 aliphatic heterocycles. The largest absolute Gasteiger partial charge is 0.497 e. The summed E-state index contributed by atoms with van der Waals surface area (Å²) < 4.78 is 13.3. The van der Waals surface area contributed by atoms with Gasteiger partial charge in [-0.25, -0.2) is 4.98 Å². The maximum Gasteiger partial charge on any atom is 0.161 e. The van der Waals surface area contributed by atoms with Crippen molar-refractivity contribution in [1.29, 1.82) is 0 Å². The minimum Gasteiger partial charge on any atom is -0.497 e. The third-order valence-corrected chi connectivity index (χ3v) is 4.92. The summed E-state index contributed by atoms with van der Waals surface area (Å²) in [6.45, 7) is 0.301. The van der Waals surface area contributed by atoms with Crippen LogP contribution in [0, 0.1) is 0 Å². The van der Waals surface area contributed by atoms with E-state index in [-0.39, 0.29) is 0 Å². The number of nitrogens with zero attached hydrogens (tertiary/aromatic N) is 3. The molecule has 3 aromatic carbocycles.